The van der Waals surface area contributed by atoms with Crippen LogP contribution in [-0.2, 0) is 16.6 Å². The number of nitrogens with zero attached hydrogens (tertiary/aromatic N) is 3. The van der Waals surface area contributed by atoms with Crippen molar-refractivity contribution < 1.29 is 8.42 Å². The lowest BCUT2D eigenvalue weighted by molar-refractivity contribution is 0.607. The second-order valence-corrected chi connectivity index (χ2v) is 7.57. The Morgan fingerprint density at radius 3 is 2.42 bits per heavy atom. The maximum atomic E-state index is 11.2. The number of rotatable bonds is 6. The van der Waals surface area contributed by atoms with Crippen molar-refractivity contribution in [1.29, 1.82) is 0 Å². The molecule has 0 aliphatic rings. The van der Waals surface area contributed by atoms with Gasteiger partial charge in [0.05, 0.1) is 17.6 Å². The van der Waals surface area contributed by atoms with Crippen LogP contribution >= 0.6 is 0 Å². The van der Waals surface area contributed by atoms with Crippen LogP contribution in [0, 0.1) is 6.92 Å². The lowest BCUT2D eigenvalue weighted by Crippen LogP contribution is -2.09. The van der Waals surface area contributed by atoms with Crippen LogP contribution < -0.4 is 10.0 Å². The SMILES string of the molecule is Cc1nc(NCc2ccc(NS(C)(=O)=O)cc2)cc(-c2ccccn2)n1. The van der Waals surface area contributed by atoms with Gasteiger partial charge < -0.3 is 5.32 Å². The zero-order valence-electron chi connectivity index (χ0n) is 14.5. The fourth-order valence-electron chi connectivity index (χ4n) is 2.40. The third-order valence-electron chi connectivity index (χ3n) is 3.50. The Morgan fingerprint density at radius 1 is 1.00 bits per heavy atom. The molecule has 0 spiro atoms. The number of anilines is 2. The molecule has 2 aromatic heterocycles. The molecule has 8 heteroatoms. The van der Waals surface area contributed by atoms with Gasteiger partial charge in [-0.05, 0) is 36.8 Å². The number of hydrogen-bond acceptors (Lipinski definition) is 6. The zero-order valence-corrected chi connectivity index (χ0v) is 15.3. The van der Waals surface area contributed by atoms with E-state index in [0.717, 1.165) is 23.2 Å². The van der Waals surface area contributed by atoms with Gasteiger partial charge in [-0.25, -0.2) is 18.4 Å². The summed E-state index contributed by atoms with van der Waals surface area (Å²) in [6.07, 6.45) is 2.85. The summed E-state index contributed by atoms with van der Waals surface area (Å²) in [5, 5.41) is 3.26. The minimum absolute atomic E-state index is 0.534. The molecule has 2 N–H and O–H groups in total. The van der Waals surface area contributed by atoms with Gasteiger partial charge in [0.2, 0.25) is 10.0 Å². The predicted octanol–water partition coefficient (Wildman–Crippen LogP) is 2.83. The highest BCUT2D eigenvalue weighted by Gasteiger charge is 2.06. The summed E-state index contributed by atoms with van der Waals surface area (Å²) in [5.41, 5.74) is 3.08. The summed E-state index contributed by atoms with van der Waals surface area (Å²) in [7, 11) is -3.27. The summed E-state index contributed by atoms with van der Waals surface area (Å²) in [5.74, 6) is 1.36. The lowest BCUT2D eigenvalue weighted by atomic mass is 10.2. The maximum absolute atomic E-state index is 11.2. The molecular formula is C18H19N5O2S. The van der Waals surface area contributed by atoms with Gasteiger partial charge in [-0.1, -0.05) is 18.2 Å². The number of aromatic nitrogens is 3. The molecule has 7 nitrogen and oxygen atoms in total. The lowest BCUT2D eigenvalue weighted by Gasteiger charge is -2.09. The van der Waals surface area contributed by atoms with E-state index in [1.165, 1.54) is 0 Å². The molecular weight excluding hydrogens is 350 g/mol. The summed E-state index contributed by atoms with van der Waals surface area (Å²) in [6, 6.07) is 14.7. The fourth-order valence-corrected chi connectivity index (χ4v) is 2.97. The van der Waals surface area contributed by atoms with Crippen LogP contribution in [0.1, 0.15) is 11.4 Å². The van der Waals surface area contributed by atoms with Gasteiger partial charge in [-0.3, -0.25) is 9.71 Å². The summed E-state index contributed by atoms with van der Waals surface area (Å²) in [4.78, 5) is 13.1. The molecule has 0 radical (unpaired) electrons. The quantitative estimate of drug-likeness (QED) is 0.693. The first-order valence-corrected chi connectivity index (χ1v) is 9.86. The standard InChI is InChI=1S/C18H19N5O2S/c1-13-21-17(16-5-3-4-10-19-16)11-18(22-13)20-12-14-6-8-15(9-7-14)23-26(2,24)25/h3-11,23H,12H2,1-2H3,(H,20,21,22). The first-order valence-electron chi connectivity index (χ1n) is 7.97. The summed E-state index contributed by atoms with van der Waals surface area (Å²) in [6.45, 7) is 2.39. The maximum Gasteiger partial charge on any atom is 0.229 e. The van der Waals surface area contributed by atoms with Crippen molar-refractivity contribution in [2.24, 2.45) is 0 Å². The second kappa shape index (κ2) is 7.49. The van der Waals surface area contributed by atoms with Crippen LogP contribution in [0.15, 0.2) is 54.7 Å². The monoisotopic (exact) mass is 369 g/mol. The van der Waals surface area contributed by atoms with E-state index in [4.69, 9.17) is 0 Å². The molecule has 3 aromatic rings. The molecule has 0 unspecified atom stereocenters. The van der Waals surface area contributed by atoms with Crippen LogP contribution in [0.4, 0.5) is 11.5 Å². The Kier molecular flexibility index (Phi) is 5.13. The van der Waals surface area contributed by atoms with Gasteiger partial charge in [-0.2, -0.15) is 0 Å². The van der Waals surface area contributed by atoms with Crippen LogP contribution in [-0.4, -0.2) is 29.6 Å². The highest BCUT2D eigenvalue weighted by Crippen LogP contribution is 2.18. The van der Waals surface area contributed by atoms with E-state index >= 15 is 0 Å². The minimum Gasteiger partial charge on any atom is -0.366 e. The van der Waals surface area contributed by atoms with E-state index < -0.39 is 10.0 Å². The third kappa shape index (κ3) is 5.00. The molecule has 0 fully saturated rings. The van der Waals surface area contributed by atoms with E-state index in [9.17, 15) is 8.42 Å². The number of hydrogen-bond donors (Lipinski definition) is 2. The number of nitrogens with one attached hydrogen (secondary N) is 2. The zero-order chi connectivity index (χ0) is 18.6. The van der Waals surface area contributed by atoms with Crippen molar-refractivity contribution in [3.63, 3.8) is 0 Å². The normalized spacial score (nSPS) is 11.2. The van der Waals surface area contributed by atoms with Crippen LogP contribution in [0.25, 0.3) is 11.4 Å². The number of pyridine rings is 1. The second-order valence-electron chi connectivity index (χ2n) is 5.83. The highest BCUT2D eigenvalue weighted by molar-refractivity contribution is 7.92. The Hall–Kier alpha value is -3.00. The van der Waals surface area contributed by atoms with Crippen molar-refractivity contribution in [2.75, 3.05) is 16.3 Å². The van der Waals surface area contributed by atoms with E-state index in [0.29, 0.717) is 23.9 Å². The Labute approximate surface area is 152 Å². The topological polar surface area (TPSA) is 96.9 Å². The van der Waals surface area contributed by atoms with E-state index in [1.807, 2.05) is 43.3 Å². The van der Waals surface area contributed by atoms with Crippen LogP contribution in [0.3, 0.4) is 0 Å². The molecule has 1 aromatic carbocycles. The molecule has 0 amide bonds. The van der Waals surface area contributed by atoms with Crippen molar-refractivity contribution in [1.82, 2.24) is 15.0 Å². The molecule has 2 heterocycles. The largest absolute Gasteiger partial charge is 0.366 e. The Bertz CT molecular complexity index is 990. The fraction of sp³-hybridized carbons (Fsp3) is 0.167. The first kappa shape index (κ1) is 17.8. The molecule has 0 aliphatic carbocycles. The summed E-state index contributed by atoms with van der Waals surface area (Å²) >= 11 is 0. The molecule has 134 valence electrons. The molecule has 0 aliphatic heterocycles. The van der Waals surface area contributed by atoms with Gasteiger partial charge in [0, 0.05) is 24.5 Å². The van der Waals surface area contributed by atoms with Crippen LogP contribution in [0.2, 0.25) is 0 Å². The van der Waals surface area contributed by atoms with Gasteiger partial charge >= 0.3 is 0 Å². The van der Waals surface area contributed by atoms with Gasteiger partial charge in [-0.15, -0.1) is 0 Å². The number of benzene rings is 1. The molecule has 0 atom stereocenters. The van der Waals surface area contributed by atoms with E-state index in [1.54, 1.807) is 18.3 Å². The van der Waals surface area contributed by atoms with E-state index in [-0.39, 0.29) is 0 Å². The van der Waals surface area contributed by atoms with Crippen molar-refractivity contribution >= 4 is 21.5 Å². The van der Waals surface area contributed by atoms with E-state index in [2.05, 4.69) is 25.0 Å². The number of sulfonamides is 1. The average molecular weight is 369 g/mol. The predicted molar refractivity (Wildman–Crippen MR) is 102 cm³/mol. The van der Waals surface area contributed by atoms with Gasteiger partial charge in [0.25, 0.3) is 0 Å². The van der Waals surface area contributed by atoms with Gasteiger partial charge in [0.1, 0.15) is 11.6 Å². The Balaban J connectivity index is 1.71. The molecule has 0 saturated heterocycles. The van der Waals surface area contributed by atoms with Crippen molar-refractivity contribution in [3.05, 3.63) is 66.1 Å². The van der Waals surface area contributed by atoms with Crippen molar-refractivity contribution in [2.45, 2.75) is 13.5 Å². The third-order valence-corrected chi connectivity index (χ3v) is 4.10. The molecule has 3 rings (SSSR count). The average Bonchev–Trinajstić information content (AvgIpc) is 2.60. The molecule has 0 saturated carbocycles. The smallest absolute Gasteiger partial charge is 0.229 e. The van der Waals surface area contributed by atoms with Crippen molar-refractivity contribution in [3.8, 4) is 11.4 Å². The first-order chi connectivity index (χ1) is 12.4. The van der Waals surface area contributed by atoms with Crippen LogP contribution in [0.5, 0.6) is 0 Å². The molecule has 0 bridgehead atoms. The van der Waals surface area contributed by atoms with Gasteiger partial charge in [0.15, 0.2) is 0 Å². The molecule has 26 heavy (non-hydrogen) atoms. The summed E-state index contributed by atoms with van der Waals surface area (Å²) < 4.78 is 24.9. The number of aryl methyl sites for hydroxylation is 1. The minimum atomic E-state index is -3.27. The Morgan fingerprint density at radius 2 is 1.77 bits per heavy atom. The highest BCUT2D eigenvalue weighted by atomic mass is 32.2.